The zero-order valence-corrected chi connectivity index (χ0v) is 21.8. The van der Waals surface area contributed by atoms with E-state index in [-0.39, 0.29) is 52.0 Å². The van der Waals surface area contributed by atoms with Crippen molar-refractivity contribution in [3.05, 3.63) is 76.9 Å². The van der Waals surface area contributed by atoms with Gasteiger partial charge in [0, 0.05) is 18.1 Å². The van der Waals surface area contributed by atoms with Gasteiger partial charge in [-0.05, 0) is 53.1 Å². The smallest absolute Gasteiger partial charge is 0.345 e. The zero-order valence-electron chi connectivity index (χ0n) is 21.8. The number of phenolic OH excluding ortho intramolecular Hbond substituents is 3. The average Bonchev–Trinajstić information content (AvgIpc) is 3.35. The number of hydrogen-bond donors (Lipinski definition) is 5. The van der Waals surface area contributed by atoms with E-state index in [9.17, 15) is 39.9 Å². The van der Waals surface area contributed by atoms with Crippen molar-refractivity contribution in [1.29, 1.82) is 0 Å². The second-order valence-corrected chi connectivity index (χ2v) is 9.01. The lowest BCUT2D eigenvalue weighted by Crippen LogP contribution is -2.28. The van der Waals surface area contributed by atoms with Crippen molar-refractivity contribution in [2.45, 2.75) is 24.5 Å². The average molecular weight is 567 g/mol. The van der Waals surface area contributed by atoms with E-state index < -0.39 is 36.0 Å². The quantitative estimate of drug-likeness (QED) is 0.178. The number of fused-ring (bicyclic) bond motifs is 1. The van der Waals surface area contributed by atoms with Crippen LogP contribution in [0.4, 0.5) is 0 Å². The van der Waals surface area contributed by atoms with Gasteiger partial charge in [0.2, 0.25) is 6.10 Å². The van der Waals surface area contributed by atoms with Gasteiger partial charge in [-0.1, -0.05) is 18.2 Å². The van der Waals surface area contributed by atoms with Gasteiger partial charge in [-0.3, -0.25) is 4.79 Å². The molecule has 0 bridgehead atoms. The molecule has 0 amide bonds. The molecule has 0 radical (unpaired) electrons. The summed E-state index contributed by atoms with van der Waals surface area (Å²) < 4.78 is 21.1. The first-order chi connectivity index (χ1) is 19.5. The van der Waals surface area contributed by atoms with Gasteiger partial charge in [0.1, 0.15) is 12.0 Å². The molecule has 12 nitrogen and oxygen atoms in total. The van der Waals surface area contributed by atoms with Crippen molar-refractivity contribution in [3.63, 3.8) is 0 Å². The van der Waals surface area contributed by atoms with Gasteiger partial charge in [-0.2, -0.15) is 0 Å². The molecule has 0 spiro atoms. The summed E-state index contributed by atoms with van der Waals surface area (Å²) in [6.45, 7) is 0. The third kappa shape index (κ3) is 5.96. The summed E-state index contributed by atoms with van der Waals surface area (Å²) in [6, 6.07) is 11.1. The second kappa shape index (κ2) is 11.8. The maximum Gasteiger partial charge on any atom is 0.345 e. The fourth-order valence-corrected chi connectivity index (χ4v) is 4.50. The van der Waals surface area contributed by atoms with Crippen LogP contribution in [-0.2, 0) is 25.5 Å². The largest absolute Gasteiger partial charge is 0.504 e. The lowest BCUT2D eigenvalue weighted by molar-refractivity contribution is -0.160. The molecule has 12 heteroatoms. The standard InChI is InChI=1S/C29H26O12/c1-38-20-11-14(3-7-17(20)30)12-22(28(34)35)40-23(33)10-6-15-4-9-19(32)27-24(15)25(29(36)37)26(41-27)16-5-8-18(31)21(13-16)39-2/h3-11,13,22,25-26,30-32H,12H2,1-2H3,(H,34,35)(H,36,37)/t22-,25+,26-/m1/s1. The molecule has 1 aliphatic heterocycles. The molecule has 3 atom stereocenters. The van der Waals surface area contributed by atoms with Crippen molar-refractivity contribution in [3.8, 4) is 34.5 Å². The molecule has 41 heavy (non-hydrogen) atoms. The SMILES string of the molecule is COc1cc(C[C@@H](OC(=O)C=Cc2ccc(O)c3c2[C@H](C(=O)O)[C@@H](c2ccc(O)c(OC)c2)O3)C(=O)O)ccc1O. The summed E-state index contributed by atoms with van der Waals surface area (Å²) in [5.41, 5.74) is 1.08. The Bertz CT molecular complexity index is 1530. The fourth-order valence-electron chi connectivity index (χ4n) is 4.50. The van der Waals surface area contributed by atoms with Gasteiger partial charge in [0.05, 0.1) is 14.2 Å². The minimum atomic E-state index is -1.57. The van der Waals surface area contributed by atoms with Gasteiger partial charge in [-0.15, -0.1) is 0 Å². The number of carboxylic acids is 2. The first-order valence-electron chi connectivity index (χ1n) is 12.1. The lowest BCUT2D eigenvalue weighted by Gasteiger charge is -2.17. The van der Waals surface area contributed by atoms with Crippen molar-refractivity contribution in [1.82, 2.24) is 0 Å². The zero-order chi connectivity index (χ0) is 29.8. The summed E-state index contributed by atoms with van der Waals surface area (Å²) in [6.07, 6.45) is -0.718. The predicted molar refractivity (Wildman–Crippen MR) is 141 cm³/mol. The van der Waals surface area contributed by atoms with Crippen LogP contribution >= 0.6 is 0 Å². The number of benzene rings is 3. The van der Waals surface area contributed by atoms with E-state index >= 15 is 0 Å². The summed E-state index contributed by atoms with van der Waals surface area (Å²) in [4.78, 5) is 36.7. The van der Waals surface area contributed by atoms with Crippen molar-refractivity contribution in [2.75, 3.05) is 14.2 Å². The van der Waals surface area contributed by atoms with Crippen LogP contribution in [0.25, 0.3) is 6.08 Å². The third-order valence-electron chi connectivity index (χ3n) is 6.46. The number of rotatable bonds is 10. The molecule has 5 N–H and O–H groups in total. The number of ether oxygens (including phenoxy) is 4. The highest BCUT2D eigenvalue weighted by atomic mass is 16.6. The Balaban J connectivity index is 1.59. The summed E-state index contributed by atoms with van der Waals surface area (Å²) in [5, 5.41) is 49.8. The van der Waals surface area contributed by atoms with E-state index in [4.69, 9.17) is 18.9 Å². The Hall–Kier alpha value is -5.39. The summed E-state index contributed by atoms with van der Waals surface area (Å²) in [5.74, 6) is -5.53. The van der Waals surface area contributed by atoms with Crippen LogP contribution in [0, 0.1) is 0 Å². The Morgan fingerprint density at radius 3 is 2.17 bits per heavy atom. The van der Waals surface area contributed by atoms with E-state index in [1.54, 1.807) is 0 Å². The number of aromatic hydroxyl groups is 3. The predicted octanol–water partition coefficient (Wildman–Crippen LogP) is 3.37. The molecule has 0 aliphatic carbocycles. The highest BCUT2D eigenvalue weighted by Crippen LogP contribution is 2.52. The van der Waals surface area contributed by atoms with Crippen LogP contribution in [0.3, 0.4) is 0 Å². The minimum absolute atomic E-state index is 0.0876. The number of carbonyl (C=O) groups is 3. The first-order valence-corrected chi connectivity index (χ1v) is 12.1. The van der Waals surface area contributed by atoms with Crippen LogP contribution in [0.1, 0.15) is 34.3 Å². The van der Waals surface area contributed by atoms with Gasteiger partial charge in [0.25, 0.3) is 0 Å². The van der Waals surface area contributed by atoms with E-state index in [1.165, 1.54) is 68.8 Å². The van der Waals surface area contributed by atoms with Gasteiger partial charge >= 0.3 is 17.9 Å². The van der Waals surface area contributed by atoms with E-state index in [1.807, 2.05) is 0 Å². The van der Waals surface area contributed by atoms with E-state index in [0.717, 1.165) is 6.08 Å². The van der Waals surface area contributed by atoms with Crippen molar-refractivity contribution < 1.29 is 58.9 Å². The molecule has 0 aromatic heterocycles. The maximum absolute atomic E-state index is 12.6. The summed E-state index contributed by atoms with van der Waals surface area (Å²) >= 11 is 0. The molecule has 0 saturated heterocycles. The number of hydrogen-bond acceptors (Lipinski definition) is 10. The van der Waals surface area contributed by atoms with Crippen molar-refractivity contribution >= 4 is 24.0 Å². The van der Waals surface area contributed by atoms with Gasteiger partial charge in [0.15, 0.2) is 34.5 Å². The highest BCUT2D eigenvalue weighted by Gasteiger charge is 2.43. The molecule has 214 valence electrons. The fraction of sp³-hybridized carbons (Fsp3) is 0.207. The molecule has 3 aromatic carbocycles. The lowest BCUT2D eigenvalue weighted by atomic mass is 9.88. The molecule has 1 aliphatic rings. The highest BCUT2D eigenvalue weighted by molar-refractivity contribution is 5.91. The van der Waals surface area contributed by atoms with Gasteiger partial charge < -0.3 is 44.5 Å². The van der Waals surface area contributed by atoms with E-state index in [0.29, 0.717) is 11.1 Å². The van der Waals surface area contributed by atoms with Crippen molar-refractivity contribution in [2.24, 2.45) is 0 Å². The Morgan fingerprint density at radius 2 is 1.54 bits per heavy atom. The maximum atomic E-state index is 12.6. The van der Waals surface area contributed by atoms with E-state index in [2.05, 4.69) is 0 Å². The second-order valence-electron chi connectivity index (χ2n) is 9.01. The molecule has 0 saturated carbocycles. The molecule has 0 unspecified atom stereocenters. The molecule has 3 aromatic rings. The first kappa shape index (κ1) is 28.6. The molecule has 0 fully saturated rings. The normalized spacial score (nSPS) is 16.4. The topological polar surface area (TPSA) is 189 Å². The Kier molecular flexibility index (Phi) is 8.22. The molecular formula is C29H26O12. The molecule has 1 heterocycles. The van der Waals surface area contributed by atoms with Crippen LogP contribution in [0.2, 0.25) is 0 Å². The van der Waals surface area contributed by atoms with Crippen LogP contribution in [0.5, 0.6) is 34.5 Å². The number of carboxylic acid groups (broad SMARTS) is 2. The number of phenols is 3. The number of methoxy groups -OCH3 is 2. The summed E-state index contributed by atoms with van der Waals surface area (Å²) in [7, 11) is 2.67. The third-order valence-corrected chi connectivity index (χ3v) is 6.46. The minimum Gasteiger partial charge on any atom is -0.504 e. The number of aliphatic carboxylic acids is 2. The number of carbonyl (C=O) groups excluding carboxylic acids is 1. The Labute approximate surface area is 233 Å². The molecule has 4 rings (SSSR count). The number of esters is 1. The molecular weight excluding hydrogens is 540 g/mol. The van der Waals surface area contributed by atoms with Crippen LogP contribution < -0.4 is 14.2 Å². The van der Waals surface area contributed by atoms with Gasteiger partial charge in [-0.25, -0.2) is 9.59 Å². The van der Waals surface area contributed by atoms with Crippen LogP contribution in [0.15, 0.2) is 54.6 Å². The van der Waals surface area contributed by atoms with Crippen LogP contribution in [-0.4, -0.2) is 63.8 Å². The Morgan fingerprint density at radius 1 is 0.902 bits per heavy atom. The monoisotopic (exact) mass is 566 g/mol.